The highest BCUT2D eigenvalue weighted by Crippen LogP contribution is 2.27. The summed E-state index contributed by atoms with van der Waals surface area (Å²) in [6.07, 6.45) is 2.21. The van der Waals surface area contributed by atoms with E-state index in [2.05, 4.69) is 31.6 Å². The largest absolute Gasteiger partial charge is 0.379 e. The van der Waals surface area contributed by atoms with Crippen molar-refractivity contribution in [2.45, 2.75) is 38.8 Å². The Morgan fingerprint density at radius 3 is 2.75 bits per heavy atom. The van der Waals surface area contributed by atoms with Gasteiger partial charge in [0.05, 0.1) is 19.8 Å². The first-order chi connectivity index (χ1) is 13.6. The van der Waals surface area contributed by atoms with Gasteiger partial charge < -0.3 is 9.30 Å². The molecule has 7 heteroatoms. The molecule has 2 saturated heterocycles. The molecule has 152 valence electrons. The number of hydrogen-bond acceptors (Lipinski definition) is 5. The van der Waals surface area contributed by atoms with Crippen molar-refractivity contribution in [2.24, 2.45) is 7.05 Å². The van der Waals surface area contributed by atoms with Gasteiger partial charge in [-0.2, -0.15) is 0 Å². The highest BCUT2D eigenvalue weighted by molar-refractivity contribution is 5.24. The molecule has 0 N–H and O–H groups in total. The third-order valence-corrected chi connectivity index (χ3v) is 5.93. The van der Waals surface area contributed by atoms with E-state index in [1.54, 1.807) is 6.07 Å². The van der Waals surface area contributed by atoms with E-state index in [0.29, 0.717) is 12.5 Å². The van der Waals surface area contributed by atoms with E-state index in [0.717, 1.165) is 81.6 Å². The maximum absolute atomic E-state index is 14.2. The standard InChI is InChI=1S/C21H30FN5O/c1-16-5-6-19(22)18(12-16)14-27-7-3-4-17(13-27)21-24-23-20(25(21)2)15-26-8-10-28-11-9-26/h5-6,12,17H,3-4,7-11,13-15H2,1-2H3/t17-/m1/s1. The predicted molar refractivity (Wildman–Crippen MR) is 105 cm³/mol. The number of aryl methyl sites for hydroxylation is 1. The third kappa shape index (κ3) is 4.42. The molecule has 0 bridgehead atoms. The predicted octanol–water partition coefficient (Wildman–Crippen LogP) is 2.47. The Kier molecular flexibility index (Phi) is 6.04. The zero-order valence-electron chi connectivity index (χ0n) is 16.9. The highest BCUT2D eigenvalue weighted by Gasteiger charge is 2.27. The highest BCUT2D eigenvalue weighted by atomic mass is 19.1. The molecule has 0 amide bonds. The Morgan fingerprint density at radius 2 is 1.93 bits per heavy atom. The van der Waals surface area contributed by atoms with Crippen molar-refractivity contribution < 1.29 is 9.13 Å². The number of hydrogen-bond donors (Lipinski definition) is 0. The van der Waals surface area contributed by atoms with Crippen LogP contribution in [0, 0.1) is 12.7 Å². The number of likely N-dealkylation sites (tertiary alicyclic amines) is 1. The van der Waals surface area contributed by atoms with Crippen LogP contribution in [0.2, 0.25) is 0 Å². The molecule has 0 aliphatic carbocycles. The molecule has 2 fully saturated rings. The minimum absolute atomic E-state index is 0.112. The normalized spacial score (nSPS) is 21.9. The molecule has 0 radical (unpaired) electrons. The minimum Gasteiger partial charge on any atom is -0.379 e. The second kappa shape index (κ2) is 8.68. The zero-order valence-corrected chi connectivity index (χ0v) is 16.9. The van der Waals surface area contributed by atoms with Crippen molar-refractivity contribution in [3.8, 4) is 0 Å². The topological polar surface area (TPSA) is 46.4 Å². The summed E-state index contributed by atoms with van der Waals surface area (Å²) in [5.74, 6) is 2.30. The first-order valence-corrected chi connectivity index (χ1v) is 10.3. The van der Waals surface area contributed by atoms with Crippen molar-refractivity contribution in [3.63, 3.8) is 0 Å². The Hall–Kier alpha value is -1.83. The van der Waals surface area contributed by atoms with Crippen molar-refractivity contribution in [2.75, 3.05) is 39.4 Å². The van der Waals surface area contributed by atoms with Gasteiger partial charge in [-0.3, -0.25) is 9.80 Å². The molecule has 1 aromatic heterocycles. The lowest BCUT2D eigenvalue weighted by atomic mass is 9.96. The van der Waals surface area contributed by atoms with Crippen LogP contribution < -0.4 is 0 Å². The molecule has 1 aromatic carbocycles. The maximum Gasteiger partial charge on any atom is 0.146 e. The van der Waals surface area contributed by atoms with Gasteiger partial charge in [-0.05, 0) is 32.4 Å². The van der Waals surface area contributed by atoms with Crippen molar-refractivity contribution >= 4 is 0 Å². The average molecular weight is 388 g/mol. The van der Waals surface area contributed by atoms with E-state index in [1.807, 2.05) is 19.1 Å². The number of piperidine rings is 1. The Morgan fingerprint density at radius 1 is 1.11 bits per heavy atom. The molecule has 6 nitrogen and oxygen atoms in total. The van der Waals surface area contributed by atoms with Crippen molar-refractivity contribution in [1.82, 2.24) is 24.6 Å². The summed E-state index contributed by atoms with van der Waals surface area (Å²) in [5, 5.41) is 9.00. The molecule has 28 heavy (non-hydrogen) atoms. The lowest BCUT2D eigenvalue weighted by molar-refractivity contribution is 0.0326. The average Bonchev–Trinajstić information content (AvgIpc) is 3.06. The van der Waals surface area contributed by atoms with Crippen molar-refractivity contribution in [1.29, 1.82) is 0 Å². The maximum atomic E-state index is 14.2. The smallest absolute Gasteiger partial charge is 0.146 e. The van der Waals surface area contributed by atoms with E-state index in [9.17, 15) is 4.39 Å². The summed E-state index contributed by atoms with van der Waals surface area (Å²) >= 11 is 0. The van der Waals surface area contributed by atoms with Gasteiger partial charge in [-0.15, -0.1) is 10.2 Å². The molecule has 0 saturated carbocycles. The molecule has 1 atom stereocenters. The Balaban J connectivity index is 1.42. The Labute approximate surface area is 166 Å². The van der Waals surface area contributed by atoms with Gasteiger partial charge in [0.2, 0.25) is 0 Å². The summed E-state index contributed by atoms with van der Waals surface area (Å²) in [6, 6.07) is 5.36. The second-order valence-electron chi connectivity index (χ2n) is 8.09. The van der Waals surface area contributed by atoms with Crippen LogP contribution >= 0.6 is 0 Å². The van der Waals surface area contributed by atoms with Crippen LogP contribution in [0.15, 0.2) is 18.2 Å². The van der Waals surface area contributed by atoms with E-state index < -0.39 is 0 Å². The van der Waals surface area contributed by atoms with Crippen LogP contribution in [-0.4, -0.2) is 64.0 Å². The van der Waals surface area contributed by atoms with E-state index in [-0.39, 0.29) is 5.82 Å². The van der Waals surface area contributed by atoms with Crippen LogP contribution in [0.3, 0.4) is 0 Å². The number of rotatable bonds is 5. The molecule has 0 unspecified atom stereocenters. The SMILES string of the molecule is Cc1ccc(F)c(CN2CCC[C@@H](c3nnc(CN4CCOCC4)n3C)C2)c1. The van der Waals surface area contributed by atoms with Gasteiger partial charge in [-0.1, -0.05) is 17.7 Å². The monoisotopic (exact) mass is 387 g/mol. The molecule has 2 aromatic rings. The summed E-state index contributed by atoms with van der Waals surface area (Å²) < 4.78 is 21.8. The van der Waals surface area contributed by atoms with Crippen LogP contribution in [0.5, 0.6) is 0 Å². The summed E-state index contributed by atoms with van der Waals surface area (Å²) in [7, 11) is 2.07. The van der Waals surface area contributed by atoms with Gasteiger partial charge in [0.1, 0.15) is 17.5 Å². The molecule has 2 aliphatic heterocycles. The number of aromatic nitrogens is 3. The molecular weight excluding hydrogens is 357 g/mol. The summed E-state index contributed by atoms with van der Waals surface area (Å²) in [4.78, 5) is 4.72. The lowest BCUT2D eigenvalue weighted by Crippen LogP contribution is -2.36. The molecular formula is C21H30FN5O. The van der Waals surface area contributed by atoms with E-state index in [1.165, 1.54) is 0 Å². The minimum atomic E-state index is -0.112. The van der Waals surface area contributed by atoms with Gasteiger partial charge in [0, 0.05) is 44.7 Å². The number of halogens is 1. The zero-order chi connectivity index (χ0) is 19.5. The number of nitrogens with zero attached hydrogens (tertiary/aromatic N) is 5. The van der Waals surface area contributed by atoms with Crippen LogP contribution in [0.1, 0.15) is 41.5 Å². The number of benzene rings is 1. The Bertz CT molecular complexity index is 802. The van der Waals surface area contributed by atoms with Gasteiger partial charge >= 0.3 is 0 Å². The lowest BCUT2D eigenvalue weighted by Gasteiger charge is -2.32. The molecule has 2 aliphatic rings. The van der Waals surface area contributed by atoms with Crippen LogP contribution in [0.25, 0.3) is 0 Å². The fourth-order valence-corrected chi connectivity index (χ4v) is 4.30. The number of morpholine rings is 1. The summed E-state index contributed by atoms with van der Waals surface area (Å²) in [5.41, 5.74) is 1.89. The molecule has 4 rings (SSSR count). The van der Waals surface area contributed by atoms with Gasteiger partial charge in [-0.25, -0.2) is 4.39 Å². The molecule has 0 spiro atoms. The van der Waals surface area contributed by atoms with E-state index >= 15 is 0 Å². The summed E-state index contributed by atoms with van der Waals surface area (Å²) in [6.45, 7) is 8.86. The fraction of sp³-hybridized carbons (Fsp3) is 0.619. The quantitative estimate of drug-likeness (QED) is 0.789. The van der Waals surface area contributed by atoms with Crippen molar-refractivity contribution in [3.05, 3.63) is 46.8 Å². The number of ether oxygens (including phenoxy) is 1. The first-order valence-electron chi connectivity index (χ1n) is 10.3. The third-order valence-electron chi connectivity index (χ3n) is 5.93. The van der Waals surface area contributed by atoms with Crippen LogP contribution in [0.4, 0.5) is 4.39 Å². The molecule has 3 heterocycles. The van der Waals surface area contributed by atoms with Gasteiger partial charge in [0.15, 0.2) is 0 Å². The fourth-order valence-electron chi connectivity index (χ4n) is 4.30. The first kappa shape index (κ1) is 19.5. The van der Waals surface area contributed by atoms with Gasteiger partial charge in [0.25, 0.3) is 0 Å². The van der Waals surface area contributed by atoms with E-state index in [4.69, 9.17) is 4.74 Å². The van der Waals surface area contributed by atoms with Crippen LogP contribution in [-0.2, 0) is 24.9 Å². The second-order valence-corrected chi connectivity index (χ2v) is 8.09.